The van der Waals surface area contributed by atoms with Crippen LogP contribution < -0.4 is 4.74 Å². The zero-order valence-corrected chi connectivity index (χ0v) is 12.1. The molecule has 0 N–H and O–H groups in total. The molecule has 0 aliphatic carbocycles. The number of benzene rings is 2. The number of carbonyl (C=O) groups is 1. The van der Waals surface area contributed by atoms with Gasteiger partial charge in [-0.3, -0.25) is 0 Å². The third-order valence-electron chi connectivity index (χ3n) is 3.31. The lowest BCUT2D eigenvalue weighted by atomic mass is 9.99. The number of rotatable bonds is 5. The zero-order chi connectivity index (χ0) is 15.2. The summed E-state index contributed by atoms with van der Waals surface area (Å²) in [6.07, 6.45) is 1.27. The van der Waals surface area contributed by atoms with Crippen LogP contribution in [0.3, 0.4) is 0 Å². The van der Waals surface area contributed by atoms with Crippen molar-refractivity contribution in [2.45, 2.75) is 12.8 Å². The molecule has 0 aliphatic rings. The van der Waals surface area contributed by atoms with Gasteiger partial charge < -0.3 is 9.47 Å². The second kappa shape index (κ2) is 6.88. The van der Waals surface area contributed by atoms with E-state index >= 15 is 0 Å². The Hall–Kier alpha value is -2.36. The summed E-state index contributed by atoms with van der Waals surface area (Å²) in [6, 6.07) is 11.8. The quantitative estimate of drug-likeness (QED) is 0.791. The van der Waals surface area contributed by atoms with E-state index in [1.807, 2.05) is 24.3 Å². The average molecular weight is 288 g/mol. The van der Waals surface area contributed by atoms with Crippen molar-refractivity contribution < 1.29 is 18.7 Å². The summed E-state index contributed by atoms with van der Waals surface area (Å²) in [6.45, 7) is 0. The lowest BCUT2D eigenvalue weighted by Gasteiger charge is -2.08. The van der Waals surface area contributed by atoms with E-state index in [0.717, 1.165) is 11.3 Å². The molecule has 2 rings (SSSR count). The number of methoxy groups -OCH3 is 2. The van der Waals surface area contributed by atoms with Gasteiger partial charge in [-0.25, -0.2) is 9.18 Å². The van der Waals surface area contributed by atoms with Gasteiger partial charge in [-0.1, -0.05) is 12.1 Å². The molecule has 2 aromatic rings. The van der Waals surface area contributed by atoms with Crippen LogP contribution in [0.5, 0.6) is 5.75 Å². The number of ether oxygens (including phenoxy) is 2. The Bertz CT molecular complexity index is 620. The lowest BCUT2D eigenvalue weighted by molar-refractivity contribution is 0.0599. The smallest absolute Gasteiger partial charge is 0.338 e. The van der Waals surface area contributed by atoms with Crippen LogP contribution in [-0.2, 0) is 17.6 Å². The van der Waals surface area contributed by atoms with Gasteiger partial charge in [0.2, 0.25) is 0 Å². The van der Waals surface area contributed by atoms with Gasteiger partial charge >= 0.3 is 5.97 Å². The maximum Gasteiger partial charge on any atom is 0.338 e. The standard InChI is InChI=1S/C17H17FO3/c1-20-15-8-4-12(5-9-15)3-6-13-11-14(18)7-10-16(13)17(19)21-2/h4-5,7-11H,3,6H2,1-2H3. The SMILES string of the molecule is COC(=O)c1ccc(F)cc1CCc1ccc(OC)cc1. The molecule has 0 radical (unpaired) electrons. The Kier molecular flexibility index (Phi) is 4.93. The highest BCUT2D eigenvalue weighted by molar-refractivity contribution is 5.91. The first-order chi connectivity index (χ1) is 10.1. The Morgan fingerprint density at radius 3 is 2.38 bits per heavy atom. The minimum atomic E-state index is -0.445. The summed E-state index contributed by atoms with van der Waals surface area (Å²) in [5.74, 6) is -0.00753. The molecule has 4 heteroatoms. The van der Waals surface area contributed by atoms with Crippen molar-refractivity contribution in [2.24, 2.45) is 0 Å². The van der Waals surface area contributed by atoms with Crippen molar-refractivity contribution in [1.29, 1.82) is 0 Å². The molecule has 0 fully saturated rings. The fourth-order valence-electron chi connectivity index (χ4n) is 2.15. The second-order valence-electron chi connectivity index (χ2n) is 4.64. The largest absolute Gasteiger partial charge is 0.497 e. The number of esters is 1. The van der Waals surface area contributed by atoms with Crippen LogP contribution >= 0.6 is 0 Å². The van der Waals surface area contributed by atoms with Crippen molar-refractivity contribution >= 4 is 5.97 Å². The third kappa shape index (κ3) is 3.81. The minimum Gasteiger partial charge on any atom is -0.497 e. The van der Waals surface area contributed by atoms with Crippen LogP contribution in [-0.4, -0.2) is 20.2 Å². The first-order valence-electron chi connectivity index (χ1n) is 6.63. The predicted octanol–water partition coefficient (Wildman–Crippen LogP) is 3.41. The lowest BCUT2D eigenvalue weighted by Crippen LogP contribution is -2.07. The van der Waals surface area contributed by atoms with Crippen molar-refractivity contribution in [3.8, 4) is 5.75 Å². The van der Waals surface area contributed by atoms with Crippen LogP contribution in [0.4, 0.5) is 4.39 Å². The molecule has 0 spiro atoms. The summed E-state index contributed by atoms with van der Waals surface area (Å²) < 4.78 is 23.2. The minimum absolute atomic E-state index is 0.354. The maximum atomic E-state index is 13.4. The van der Waals surface area contributed by atoms with E-state index in [1.54, 1.807) is 7.11 Å². The number of halogens is 1. The second-order valence-corrected chi connectivity index (χ2v) is 4.64. The van der Waals surface area contributed by atoms with Gasteiger partial charge in [0.25, 0.3) is 0 Å². The maximum absolute atomic E-state index is 13.4. The summed E-state index contributed by atoms with van der Waals surface area (Å²) >= 11 is 0. The van der Waals surface area contributed by atoms with Crippen LogP contribution in [0, 0.1) is 5.82 Å². The molecule has 0 saturated heterocycles. The molecule has 110 valence electrons. The molecule has 0 aliphatic heterocycles. The Morgan fingerprint density at radius 1 is 1.05 bits per heavy atom. The highest BCUT2D eigenvalue weighted by Crippen LogP contribution is 2.17. The summed E-state index contributed by atoms with van der Waals surface area (Å²) in [4.78, 5) is 11.7. The summed E-state index contributed by atoms with van der Waals surface area (Å²) in [7, 11) is 2.93. The van der Waals surface area contributed by atoms with E-state index in [9.17, 15) is 9.18 Å². The van der Waals surface area contributed by atoms with E-state index in [0.29, 0.717) is 24.0 Å². The van der Waals surface area contributed by atoms with Gasteiger partial charge in [0.1, 0.15) is 11.6 Å². The van der Waals surface area contributed by atoms with E-state index in [-0.39, 0.29) is 5.82 Å². The summed E-state index contributed by atoms with van der Waals surface area (Å²) in [5, 5.41) is 0. The van der Waals surface area contributed by atoms with Crippen molar-refractivity contribution in [3.05, 3.63) is 65.0 Å². The first-order valence-corrected chi connectivity index (χ1v) is 6.63. The molecule has 0 atom stereocenters. The van der Waals surface area contributed by atoms with Crippen molar-refractivity contribution in [3.63, 3.8) is 0 Å². The molecular weight excluding hydrogens is 271 g/mol. The zero-order valence-electron chi connectivity index (χ0n) is 12.1. The number of hydrogen-bond donors (Lipinski definition) is 0. The average Bonchev–Trinajstić information content (AvgIpc) is 2.52. The van der Waals surface area contributed by atoms with Gasteiger partial charge in [0.05, 0.1) is 19.8 Å². The molecule has 2 aromatic carbocycles. The normalized spacial score (nSPS) is 10.2. The van der Waals surface area contributed by atoms with E-state index in [4.69, 9.17) is 9.47 Å². The molecule has 0 aromatic heterocycles. The van der Waals surface area contributed by atoms with Gasteiger partial charge in [-0.05, 0) is 54.3 Å². The number of aryl methyl sites for hydroxylation is 2. The van der Waals surface area contributed by atoms with Crippen molar-refractivity contribution in [2.75, 3.05) is 14.2 Å². The van der Waals surface area contributed by atoms with Gasteiger partial charge in [-0.2, -0.15) is 0 Å². The van der Waals surface area contributed by atoms with Crippen molar-refractivity contribution in [1.82, 2.24) is 0 Å². The molecule has 3 nitrogen and oxygen atoms in total. The number of hydrogen-bond acceptors (Lipinski definition) is 3. The monoisotopic (exact) mass is 288 g/mol. The van der Waals surface area contributed by atoms with E-state index in [1.165, 1.54) is 25.3 Å². The third-order valence-corrected chi connectivity index (χ3v) is 3.31. The Labute approximate surface area is 123 Å². The molecule has 0 heterocycles. The predicted molar refractivity (Wildman–Crippen MR) is 78.1 cm³/mol. The van der Waals surface area contributed by atoms with Gasteiger partial charge in [-0.15, -0.1) is 0 Å². The Morgan fingerprint density at radius 2 is 1.76 bits per heavy atom. The highest BCUT2D eigenvalue weighted by Gasteiger charge is 2.12. The highest BCUT2D eigenvalue weighted by atomic mass is 19.1. The van der Waals surface area contributed by atoms with E-state index < -0.39 is 5.97 Å². The molecule has 0 amide bonds. The molecule has 0 unspecified atom stereocenters. The topological polar surface area (TPSA) is 35.5 Å². The van der Waals surface area contributed by atoms with Gasteiger partial charge in [0, 0.05) is 0 Å². The van der Waals surface area contributed by atoms with E-state index in [2.05, 4.69) is 0 Å². The van der Waals surface area contributed by atoms with Crippen LogP contribution in [0.15, 0.2) is 42.5 Å². The van der Waals surface area contributed by atoms with Crippen LogP contribution in [0.25, 0.3) is 0 Å². The summed E-state index contributed by atoms with van der Waals surface area (Å²) in [5.41, 5.74) is 2.15. The molecule has 0 saturated carbocycles. The fraction of sp³-hybridized carbons (Fsp3) is 0.235. The molecular formula is C17H17FO3. The van der Waals surface area contributed by atoms with Gasteiger partial charge in [0.15, 0.2) is 0 Å². The fourth-order valence-corrected chi connectivity index (χ4v) is 2.15. The number of carbonyl (C=O) groups excluding carboxylic acids is 1. The molecule has 21 heavy (non-hydrogen) atoms. The first kappa shape index (κ1) is 15.0. The van der Waals surface area contributed by atoms with Crippen LogP contribution in [0.1, 0.15) is 21.5 Å². The van der Waals surface area contributed by atoms with Crippen LogP contribution in [0.2, 0.25) is 0 Å². The Balaban J connectivity index is 2.14. The molecule has 0 bridgehead atoms.